The lowest BCUT2D eigenvalue weighted by Gasteiger charge is -2.19. The largest absolute Gasteiger partial charge is 0.338 e. The number of benzene rings is 1. The predicted octanol–water partition coefficient (Wildman–Crippen LogP) is 3.18. The summed E-state index contributed by atoms with van der Waals surface area (Å²) in [5, 5.41) is 9.80. The summed E-state index contributed by atoms with van der Waals surface area (Å²) in [6.07, 6.45) is 6.81. The second kappa shape index (κ2) is 7.51. The summed E-state index contributed by atoms with van der Waals surface area (Å²) in [5.74, 6) is 0.587. The molecule has 0 aliphatic heterocycles. The number of fused-ring (bicyclic) bond motifs is 1. The van der Waals surface area contributed by atoms with Crippen LogP contribution in [0.25, 0.3) is 5.78 Å². The maximum Gasteiger partial charge on any atom is 0.319 e. The fourth-order valence-electron chi connectivity index (χ4n) is 2.61. The van der Waals surface area contributed by atoms with Gasteiger partial charge in [-0.15, -0.1) is 0 Å². The van der Waals surface area contributed by atoms with E-state index in [1.165, 1.54) is 11.9 Å². The highest BCUT2D eigenvalue weighted by atomic mass is 16.2. The molecule has 2 N–H and O–H groups in total. The number of carbonyl (C=O) groups excluding carboxylic acids is 1. The lowest BCUT2D eigenvalue weighted by Crippen LogP contribution is -2.29. The summed E-state index contributed by atoms with van der Waals surface area (Å²) in [7, 11) is 0. The molecule has 1 aromatic carbocycles. The van der Waals surface area contributed by atoms with Crippen molar-refractivity contribution in [2.75, 3.05) is 11.9 Å². The van der Waals surface area contributed by atoms with Crippen LogP contribution in [0.4, 0.5) is 10.5 Å². The van der Waals surface area contributed by atoms with Crippen molar-refractivity contribution in [3.05, 3.63) is 54.1 Å². The molecule has 0 unspecified atom stereocenters. The number of urea groups is 1. The predicted molar refractivity (Wildman–Crippen MR) is 101 cm³/mol. The summed E-state index contributed by atoms with van der Waals surface area (Å²) in [5.41, 5.74) is 3.19. The minimum absolute atomic E-state index is 0.102. The molecule has 2 heterocycles. The molecule has 7 nitrogen and oxygen atoms in total. The van der Waals surface area contributed by atoms with E-state index in [-0.39, 0.29) is 11.4 Å². The number of carbonyl (C=O) groups is 1. The summed E-state index contributed by atoms with van der Waals surface area (Å²) in [6, 6.07) is 7.75. The smallest absolute Gasteiger partial charge is 0.319 e. The maximum atomic E-state index is 12.0. The van der Waals surface area contributed by atoms with Crippen LogP contribution in [0.3, 0.4) is 0 Å². The molecule has 0 saturated heterocycles. The van der Waals surface area contributed by atoms with Crippen molar-refractivity contribution in [3.8, 4) is 0 Å². The first kappa shape index (κ1) is 17.8. The summed E-state index contributed by atoms with van der Waals surface area (Å²) in [6.45, 7) is 7.08. The molecule has 0 aliphatic carbocycles. The molecule has 7 heteroatoms. The van der Waals surface area contributed by atoms with Crippen LogP contribution in [-0.4, -0.2) is 32.2 Å². The Morgan fingerprint density at radius 3 is 2.65 bits per heavy atom. The molecular weight excluding hydrogens is 328 g/mol. The number of nitrogens with one attached hydrogen (secondary N) is 2. The summed E-state index contributed by atoms with van der Waals surface area (Å²) < 4.78 is 1.65. The highest BCUT2D eigenvalue weighted by Gasteiger charge is 2.13. The molecule has 3 aromatic rings. The average molecular weight is 352 g/mol. The molecule has 2 amide bonds. The third-order valence-electron chi connectivity index (χ3n) is 4.12. The van der Waals surface area contributed by atoms with Crippen LogP contribution in [0.1, 0.15) is 38.3 Å². The Morgan fingerprint density at radius 1 is 1.15 bits per heavy atom. The molecule has 136 valence electrons. The van der Waals surface area contributed by atoms with Crippen molar-refractivity contribution in [2.45, 2.75) is 39.0 Å². The van der Waals surface area contributed by atoms with E-state index >= 15 is 0 Å². The summed E-state index contributed by atoms with van der Waals surface area (Å²) in [4.78, 5) is 20.2. The van der Waals surface area contributed by atoms with Crippen LogP contribution in [0.2, 0.25) is 0 Å². The van der Waals surface area contributed by atoms with E-state index < -0.39 is 0 Å². The Balaban J connectivity index is 1.42. The van der Waals surface area contributed by atoms with Crippen molar-refractivity contribution in [2.24, 2.45) is 0 Å². The first-order chi connectivity index (χ1) is 12.4. The molecule has 2 aromatic heterocycles. The van der Waals surface area contributed by atoms with Gasteiger partial charge in [-0.25, -0.2) is 14.3 Å². The number of aromatic nitrogens is 4. The molecule has 0 radical (unpaired) electrons. The van der Waals surface area contributed by atoms with Gasteiger partial charge in [0, 0.05) is 24.6 Å². The zero-order chi connectivity index (χ0) is 18.6. The lowest BCUT2D eigenvalue weighted by molar-refractivity contribution is 0.252. The molecule has 0 saturated carbocycles. The molecule has 26 heavy (non-hydrogen) atoms. The number of amides is 2. The van der Waals surface area contributed by atoms with E-state index in [9.17, 15) is 4.79 Å². The maximum absolute atomic E-state index is 12.0. The quantitative estimate of drug-likeness (QED) is 0.691. The summed E-state index contributed by atoms with van der Waals surface area (Å²) >= 11 is 0. The van der Waals surface area contributed by atoms with Crippen LogP contribution >= 0.6 is 0 Å². The monoisotopic (exact) mass is 352 g/mol. The topological polar surface area (TPSA) is 84.2 Å². The average Bonchev–Trinajstić information content (AvgIpc) is 3.06. The highest BCUT2D eigenvalue weighted by Crippen LogP contribution is 2.23. The van der Waals surface area contributed by atoms with Crippen LogP contribution in [0.5, 0.6) is 0 Å². The lowest BCUT2D eigenvalue weighted by atomic mass is 9.87. The first-order valence-electron chi connectivity index (χ1n) is 8.71. The van der Waals surface area contributed by atoms with Crippen molar-refractivity contribution in [3.63, 3.8) is 0 Å². The Hall–Kier alpha value is -2.96. The van der Waals surface area contributed by atoms with E-state index in [0.29, 0.717) is 12.3 Å². The number of aryl methyl sites for hydroxylation is 1. The molecular formula is C19H24N6O. The fraction of sp³-hybridized carbons (Fsp3) is 0.368. The Labute approximate surface area is 152 Å². The minimum Gasteiger partial charge on any atom is -0.338 e. The minimum atomic E-state index is -0.196. The van der Waals surface area contributed by atoms with Gasteiger partial charge in [0.15, 0.2) is 0 Å². The normalized spacial score (nSPS) is 11.5. The van der Waals surface area contributed by atoms with Crippen molar-refractivity contribution < 1.29 is 4.79 Å². The number of rotatable bonds is 5. The Kier molecular flexibility index (Phi) is 5.16. The van der Waals surface area contributed by atoms with Crippen molar-refractivity contribution in [1.82, 2.24) is 24.9 Å². The third kappa shape index (κ3) is 4.56. The zero-order valence-corrected chi connectivity index (χ0v) is 15.4. The van der Waals surface area contributed by atoms with Gasteiger partial charge in [0.2, 0.25) is 0 Å². The van der Waals surface area contributed by atoms with Gasteiger partial charge in [0.25, 0.3) is 5.78 Å². The van der Waals surface area contributed by atoms with Gasteiger partial charge in [-0.1, -0.05) is 32.9 Å². The Bertz CT molecular complexity index is 879. The number of hydrogen-bond donors (Lipinski definition) is 2. The van der Waals surface area contributed by atoms with Crippen LogP contribution < -0.4 is 10.6 Å². The molecule has 0 spiro atoms. The SMILES string of the molecule is CC(C)(C)c1ccc(NC(=O)NCCCc2cnc3ncnn3c2)cc1. The van der Waals surface area contributed by atoms with Gasteiger partial charge in [-0.05, 0) is 41.5 Å². The van der Waals surface area contributed by atoms with Gasteiger partial charge in [0.1, 0.15) is 6.33 Å². The van der Waals surface area contributed by atoms with Crippen LogP contribution in [-0.2, 0) is 11.8 Å². The molecule has 3 rings (SSSR count). The molecule has 0 aliphatic rings. The van der Waals surface area contributed by atoms with E-state index in [4.69, 9.17) is 0 Å². The van der Waals surface area contributed by atoms with E-state index in [2.05, 4.69) is 46.5 Å². The van der Waals surface area contributed by atoms with Crippen LogP contribution in [0.15, 0.2) is 43.0 Å². The number of anilines is 1. The van der Waals surface area contributed by atoms with Gasteiger partial charge in [0.05, 0.1) is 0 Å². The van der Waals surface area contributed by atoms with Crippen LogP contribution in [0, 0.1) is 0 Å². The third-order valence-corrected chi connectivity index (χ3v) is 4.12. The fourth-order valence-corrected chi connectivity index (χ4v) is 2.61. The van der Waals surface area contributed by atoms with Gasteiger partial charge in [-0.3, -0.25) is 0 Å². The zero-order valence-electron chi connectivity index (χ0n) is 15.4. The second-order valence-corrected chi connectivity index (χ2v) is 7.28. The standard InChI is InChI=1S/C19H24N6O/c1-19(2,3)15-6-8-16(9-7-15)24-18(26)20-10-4-5-14-11-21-17-22-13-23-25(17)12-14/h6-9,11-13H,4-5,10H2,1-3H3,(H2,20,24,26). The van der Waals surface area contributed by atoms with E-state index in [1.54, 1.807) is 10.7 Å². The number of hydrogen-bond acceptors (Lipinski definition) is 4. The highest BCUT2D eigenvalue weighted by molar-refractivity contribution is 5.89. The van der Waals surface area contributed by atoms with E-state index in [1.807, 2.05) is 30.5 Å². The number of nitrogens with zero attached hydrogens (tertiary/aromatic N) is 4. The van der Waals surface area contributed by atoms with E-state index in [0.717, 1.165) is 24.1 Å². The van der Waals surface area contributed by atoms with Gasteiger partial charge in [-0.2, -0.15) is 10.1 Å². The van der Waals surface area contributed by atoms with Gasteiger partial charge >= 0.3 is 6.03 Å². The van der Waals surface area contributed by atoms with Crippen molar-refractivity contribution >= 4 is 17.5 Å². The first-order valence-corrected chi connectivity index (χ1v) is 8.71. The molecule has 0 atom stereocenters. The molecule has 0 fully saturated rings. The van der Waals surface area contributed by atoms with Gasteiger partial charge < -0.3 is 10.6 Å². The van der Waals surface area contributed by atoms with Crippen molar-refractivity contribution in [1.29, 1.82) is 0 Å². The second-order valence-electron chi connectivity index (χ2n) is 7.28. The molecule has 0 bridgehead atoms. The Morgan fingerprint density at radius 2 is 1.92 bits per heavy atom.